The first kappa shape index (κ1) is 18.2. The van der Waals surface area contributed by atoms with Crippen LogP contribution < -0.4 is 20.5 Å². The molecule has 0 saturated carbocycles. The van der Waals surface area contributed by atoms with Crippen LogP contribution in [0, 0.1) is 0 Å². The van der Waals surface area contributed by atoms with E-state index in [2.05, 4.69) is 47.8 Å². The van der Waals surface area contributed by atoms with Crippen LogP contribution in [0.4, 0.5) is 0 Å². The molecule has 0 saturated heterocycles. The van der Waals surface area contributed by atoms with E-state index in [0.29, 0.717) is 13.1 Å². The third-order valence-electron chi connectivity index (χ3n) is 4.59. The predicted octanol–water partition coefficient (Wildman–Crippen LogP) is 3.52. The molecule has 0 amide bonds. The van der Waals surface area contributed by atoms with E-state index in [0.717, 1.165) is 23.5 Å². The SMILES string of the molecule is COc1cc(CNC(CN)Cc2ccc3ccccc3c2)cc(OC)c1. The average molecular weight is 350 g/mol. The summed E-state index contributed by atoms with van der Waals surface area (Å²) < 4.78 is 10.7. The van der Waals surface area contributed by atoms with Gasteiger partial charge in [0.05, 0.1) is 14.2 Å². The second-order valence-electron chi connectivity index (χ2n) is 6.42. The lowest BCUT2D eigenvalue weighted by Crippen LogP contribution is -2.37. The van der Waals surface area contributed by atoms with E-state index in [1.165, 1.54) is 16.3 Å². The highest BCUT2D eigenvalue weighted by Crippen LogP contribution is 2.22. The molecule has 3 aromatic carbocycles. The van der Waals surface area contributed by atoms with Crippen molar-refractivity contribution in [3.63, 3.8) is 0 Å². The van der Waals surface area contributed by atoms with E-state index < -0.39 is 0 Å². The summed E-state index contributed by atoms with van der Waals surface area (Å²) >= 11 is 0. The normalized spacial score (nSPS) is 12.1. The average Bonchev–Trinajstić information content (AvgIpc) is 2.70. The van der Waals surface area contributed by atoms with Crippen molar-refractivity contribution in [1.82, 2.24) is 5.32 Å². The molecule has 0 aromatic heterocycles. The smallest absolute Gasteiger partial charge is 0.122 e. The lowest BCUT2D eigenvalue weighted by atomic mass is 10.0. The van der Waals surface area contributed by atoms with Gasteiger partial charge >= 0.3 is 0 Å². The van der Waals surface area contributed by atoms with E-state index in [1.54, 1.807) is 14.2 Å². The molecule has 0 radical (unpaired) electrons. The highest BCUT2D eigenvalue weighted by molar-refractivity contribution is 5.83. The first-order valence-corrected chi connectivity index (χ1v) is 8.85. The van der Waals surface area contributed by atoms with Crippen LogP contribution in [0.25, 0.3) is 10.8 Å². The Morgan fingerprint density at radius 2 is 1.54 bits per heavy atom. The second-order valence-corrected chi connectivity index (χ2v) is 6.42. The second kappa shape index (κ2) is 8.70. The molecule has 3 N–H and O–H groups in total. The summed E-state index contributed by atoms with van der Waals surface area (Å²) in [5, 5.41) is 6.07. The van der Waals surface area contributed by atoms with Gasteiger partial charge in [-0.3, -0.25) is 0 Å². The molecular formula is C22H26N2O2. The first-order chi connectivity index (χ1) is 12.7. The van der Waals surface area contributed by atoms with Crippen LogP contribution in [0.5, 0.6) is 11.5 Å². The maximum absolute atomic E-state index is 6.00. The fourth-order valence-electron chi connectivity index (χ4n) is 3.12. The number of ether oxygens (including phenoxy) is 2. The van der Waals surface area contributed by atoms with Gasteiger partial charge in [0.1, 0.15) is 11.5 Å². The Labute approximate surface area is 154 Å². The van der Waals surface area contributed by atoms with E-state index in [-0.39, 0.29) is 6.04 Å². The van der Waals surface area contributed by atoms with Gasteiger partial charge in [-0.25, -0.2) is 0 Å². The predicted molar refractivity (Wildman–Crippen MR) is 107 cm³/mol. The number of methoxy groups -OCH3 is 2. The number of hydrogen-bond donors (Lipinski definition) is 2. The lowest BCUT2D eigenvalue weighted by molar-refractivity contribution is 0.392. The van der Waals surface area contributed by atoms with Crippen molar-refractivity contribution in [2.75, 3.05) is 20.8 Å². The highest BCUT2D eigenvalue weighted by atomic mass is 16.5. The molecule has 3 aromatic rings. The minimum absolute atomic E-state index is 0.202. The molecule has 26 heavy (non-hydrogen) atoms. The largest absolute Gasteiger partial charge is 0.497 e. The number of rotatable bonds is 8. The van der Waals surface area contributed by atoms with Crippen molar-refractivity contribution in [2.24, 2.45) is 5.73 Å². The number of fused-ring (bicyclic) bond motifs is 1. The van der Waals surface area contributed by atoms with E-state index in [1.807, 2.05) is 18.2 Å². The van der Waals surface area contributed by atoms with Crippen LogP contribution in [0.1, 0.15) is 11.1 Å². The monoisotopic (exact) mass is 350 g/mol. The van der Waals surface area contributed by atoms with Gasteiger partial charge in [-0.15, -0.1) is 0 Å². The summed E-state index contributed by atoms with van der Waals surface area (Å²) in [5.41, 5.74) is 8.39. The summed E-state index contributed by atoms with van der Waals surface area (Å²) in [6, 6.07) is 21.1. The lowest BCUT2D eigenvalue weighted by Gasteiger charge is -2.18. The molecule has 1 atom stereocenters. The molecule has 0 spiro atoms. The van der Waals surface area contributed by atoms with E-state index in [9.17, 15) is 0 Å². The van der Waals surface area contributed by atoms with Crippen LogP contribution in [-0.2, 0) is 13.0 Å². The maximum Gasteiger partial charge on any atom is 0.122 e. The number of benzene rings is 3. The maximum atomic E-state index is 6.00. The molecule has 0 bridgehead atoms. The molecule has 0 fully saturated rings. The fourth-order valence-corrected chi connectivity index (χ4v) is 3.12. The molecule has 4 heteroatoms. The number of nitrogens with one attached hydrogen (secondary N) is 1. The molecule has 0 aliphatic rings. The summed E-state index contributed by atoms with van der Waals surface area (Å²) in [4.78, 5) is 0. The number of hydrogen-bond acceptors (Lipinski definition) is 4. The molecule has 4 nitrogen and oxygen atoms in total. The van der Waals surface area contributed by atoms with Gasteiger partial charge in [0, 0.05) is 25.2 Å². The minimum atomic E-state index is 0.202. The first-order valence-electron chi connectivity index (χ1n) is 8.85. The summed E-state index contributed by atoms with van der Waals surface area (Å²) in [6.45, 7) is 1.29. The van der Waals surface area contributed by atoms with E-state index in [4.69, 9.17) is 15.2 Å². The Morgan fingerprint density at radius 3 is 2.19 bits per heavy atom. The Morgan fingerprint density at radius 1 is 0.846 bits per heavy atom. The fraction of sp³-hybridized carbons (Fsp3) is 0.273. The van der Waals surface area contributed by atoms with Crippen LogP contribution in [-0.4, -0.2) is 26.8 Å². The summed E-state index contributed by atoms with van der Waals surface area (Å²) in [7, 11) is 3.32. The van der Waals surface area contributed by atoms with Crippen molar-refractivity contribution in [3.05, 3.63) is 71.8 Å². The van der Waals surface area contributed by atoms with Crippen molar-refractivity contribution in [1.29, 1.82) is 0 Å². The van der Waals surface area contributed by atoms with Gasteiger partial charge < -0.3 is 20.5 Å². The molecule has 0 aliphatic heterocycles. The molecule has 136 valence electrons. The third kappa shape index (κ3) is 4.54. The zero-order valence-corrected chi connectivity index (χ0v) is 15.4. The van der Waals surface area contributed by atoms with Gasteiger partial charge in [-0.2, -0.15) is 0 Å². The topological polar surface area (TPSA) is 56.5 Å². The van der Waals surface area contributed by atoms with Crippen molar-refractivity contribution >= 4 is 10.8 Å². The standard InChI is InChI=1S/C22H26N2O2/c1-25-21-11-17(12-22(13-21)26-2)15-24-20(14-23)10-16-7-8-18-5-3-4-6-19(18)9-16/h3-9,11-13,20,24H,10,14-15,23H2,1-2H3. The van der Waals surface area contributed by atoms with Crippen molar-refractivity contribution < 1.29 is 9.47 Å². The molecule has 1 unspecified atom stereocenters. The van der Waals surface area contributed by atoms with Crippen molar-refractivity contribution in [2.45, 2.75) is 19.0 Å². The van der Waals surface area contributed by atoms with Crippen LogP contribution >= 0.6 is 0 Å². The van der Waals surface area contributed by atoms with Crippen LogP contribution in [0.2, 0.25) is 0 Å². The van der Waals surface area contributed by atoms with Gasteiger partial charge in [0.15, 0.2) is 0 Å². The van der Waals surface area contributed by atoms with Crippen LogP contribution in [0.3, 0.4) is 0 Å². The third-order valence-corrected chi connectivity index (χ3v) is 4.59. The highest BCUT2D eigenvalue weighted by Gasteiger charge is 2.09. The molecule has 0 heterocycles. The van der Waals surface area contributed by atoms with Crippen molar-refractivity contribution in [3.8, 4) is 11.5 Å². The summed E-state index contributed by atoms with van der Waals surface area (Å²) in [6.07, 6.45) is 0.891. The Balaban J connectivity index is 1.67. The molecule has 3 rings (SSSR count). The van der Waals surface area contributed by atoms with Gasteiger partial charge in [-0.1, -0.05) is 42.5 Å². The Kier molecular flexibility index (Phi) is 6.10. The van der Waals surface area contributed by atoms with Gasteiger partial charge in [0.2, 0.25) is 0 Å². The van der Waals surface area contributed by atoms with Gasteiger partial charge in [0.25, 0.3) is 0 Å². The molecular weight excluding hydrogens is 324 g/mol. The van der Waals surface area contributed by atoms with E-state index >= 15 is 0 Å². The Hall–Kier alpha value is -2.56. The Bertz CT molecular complexity index is 841. The zero-order valence-electron chi connectivity index (χ0n) is 15.4. The zero-order chi connectivity index (χ0) is 18.4. The van der Waals surface area contributed by atoms with Gasteiger partial charge in [-0.05, 0) is 40.5 Å². The number of nitrogens with two attached hydrogens (primary N) is 1. The summed E-state index contributed by atoms with van der Waals surface area (Å²) in [5.74, 6) is 1.58. The van der Waals surface area contributed by atoms with Crippen LogP contribution in [0.15, 0.2) is 60.7 Å². The minimum Gasteiger partial charge on any atom is -0.497 e. The quantitative estimate of drug-likeness (QED) is 0.653. The molecule has 0 aliphatic carbocycles.